The van der Waals surface area contributed by atoms with Gasteiger partial charge in [-0.15, -0.1) is 0 Å². The van der Waals surface area contributed by atoms with Crippen LogP contribution in [0, 0.1) is 0 Å². The first-order valence-corrected chi connectivity index (χ1v) is 6.82. The number of nitrogens with zero attached hydrogens (tertiary/aromatic N) is 1. The van der Waals surface area contributed by atoms with Crippen molar-refractivity contribution < 1.29 is 9.53 Å². The maximum absolute atomic E-state index is 12.0. The molecule has 6 heteroatoms. The summed E-state index contributed by atoms with van der Waals surface area (Å²) in [6.45, 7) is 1.27. The van der Waals surface area contributed by atoms with E-state index in [9.17, 15) is 4.79 Å². The minimum absolute atomic E-state index is 0.101. The van der Waals surface area contributed by atoms with E-state index in [0.29, 0.717) is 17.4 Å². The Hall–Kier alpha value is -1.33. The summed E-state index contributed by atoms with van der Waals surface area (Å²) >= 11 is 5.99. The number of amides is 1. The van der Waals surface area contributed by atoms with Crippen molar-refractivity contribution >= 4 is 23.3 Å². The van der Waals surface area contributed by atoms with Gasteiger partial charge in [0.1, 0.15) is 11.5 Å². The second-order valence-corrected chi connectivity index (χ2v) is 4.88. The molecule has 1 amide bonds. The van der Waals surface area contributed by atoms with E-state index in [0.717, 1.165) is 25.9 Å². The number of anilines is 1. The van der Waals surface area contributed by atoms with E-state index in [-0.39, 0.29) is 17.7 Å². The zero-order valence-electron chi connectivity index (χ0n) is 10.9. The first-order valence-electron chi connectivity index (χ1n) is 6.45. The molecule has 19 heavy (non-hydrogen) atoms. The Bertz CT molecular complexity index is 448. The number of hydrogen-bond donors (Lipinski definition) is 2. The first kappa shape index (κ1) is 14.1. The summed E-state index contributed by atoms with van der Waals surface area (Å²) in [5, 5.41) is 6.05. The number of nitrogens with one attached hydrogen (secondary N) is 2. The summed E-state index contributed by atoms with van der Waals surface area (Å²) in [5.74, 6) is 0.347. The van der Waals surface area contributed by atoms with Crippen molar-refractivity contribution in [2.75, 3.05) is 25.5 Å². The standard InChI is InChI=1S/C13H18ClN3O2/c1-15-11-6-5-10(14)12(17-11)13(18)16-8-9-4-2-3-7-19-9/h5-6,9H,2-4,7-8H2,1H3,(H,15,17)(H,16,18). The minimum atomic E-state index is -0.267. The Morgan fingerprint density at radius 2 is 2.37 bits per heavy atom. The van der Waals surface area contributed by atoms with Crippen molar-refractivity contribution in [1.82, 2.24) is 10.3 Å². The highest BCUT2D eigenvalue weighted by Gasteiger charge is 2.17. The number of aromatic nitrogens is 1. The molecule has 1 aromatic rings. The normalized spacial score (nSPS) is 18.9. The van der Waals surface area contributed by atoms with Gasteiger partial charge in [0.25, 0.3) is 5.91 Å². The average Bonchev–Trinajstić information content (AvgIpc) is 2.46. The monoisotopic (exact) mass is 283 g/mol. The highest BCUT2D eigenvalue weighted by Crippen LogP contribution is 2.17. The van der Waals surface area contributed by atoms with Crippen LogP contribution < -0.4 is 10.6 Å². The predicted octanol–water partition coefficient (Wildman–Crippen LogP) is 2.08. The number of halogens is 1. The lowest BCUT2D eigenvalue weighted by atomic mass is 10.1. The fourth-order valence-electron chi connectivity index (χ4n) is 2.00. The van der Waals surface area contributed by atoms with Crippen LogP contribution in [0.5, 0.6) is 0 Å². The largest absolute Gasteiger partial charge is 0.376 e. The molecular weight excluding hydrogens is 266 g/mol. The Morgan fingerprint density at radius 3 is 3.05 bits per heavy atom. The van der Waals surface area contributed by atoms with Crippen molar-refractivity contribution in [1.29, 1.82) is 0 Å². The predicted molar refractivity (Wildman–Crippen MR) is 74.7 cm³/mol. The Kier molecular flexibility index (Phi) is 4.99. The average molecular weight is 284 g/mol. The third kappa shape index (κ3) is 3.81. The second kappa shape index (κ2) is 6.73. The molecule has 0 spiro atoms. The summed E-state index contributed by atoms with van der Waals surface area (Å²) < 4.78 is 5.56. The van der Waals surface area contributed by atoms with E-state index >= 15 is 0 Å². The van der Waals surface area contributed by atoms with Gasteiger partial charge < -0.3 is 15.4 Å². The lowest BCUT2D eigenvalue weighted by Gasteiger charge is -2.22. The fraction of sp³-hybridized carbons (Fsp3) is 0.538. The molecule has 1 fully saturated rings. The van der Waals surface area contributed by atoms with Gasteiger partial charge in [0.15, 0.2) is 0 Å². The van der Waals surface area contributed by atoms with Crippen LogP contribution in [0.2, 0.25) is 5.02 Å². The van der Waals surface area contributed by atoms with Gasteiger partial charge in [-0.2, -0.15) is 0 Å². The SMILES string of the molecule is CNc1ccc(Cl)c(C(=O)NCC2CCCCO2)n1. The van der Waals surface area contributed by atoms with Gasteiger partial charge in [-0.3, -0.25) is 4.79 Å². The molecule has 1 aromatic heterocycles. The molecule has 1 aliphatic heterocycles. The molecule has 1 saturated heterocycles. The van der Waals surface area contributed by atoms with Gasteiger partial charge in [-0.25, -0.2) is 4.98 Å². The maximum atomic E-state index is 12.0. The smallest absolute Gasteiger partial charge is 0.271 e. The van der Waals surface area contributed by atoms with Gasteiger partial charge in [-0.05, 0) is 31.4 Å². The summed E-state index contributed by atoms with van der Waals surface area (Å²) in [4.78, 5) is 16.2. The first-order chi connectivity index (χ1) is 9.20. The van der Waals surface area contributed by atoms with Crippen LogP contribution in [0.3, 0.4) is 0 Å². The summed E-state index contributed by atoms with van der Waals surface area (Å²) in [7, 11) is 1.74. The molecule has 5 nitrogen and oxygen atoms in total. The van der Waals surface area contributed by atoms with E-state index in [1.807, 2.05) is 0 Å². The van der Waals surface area contributed by atoms with Crippen LogP contribution in [0.4, 0.5) is 5.82 Å². The maximum Gasteiger partial charge on any atom is 0.271 e. The summed E-state index contributed by atoms with van der Waals surface area (Å²) in [5.41, 5.74) is 0.240. The Balaban J connectivity index is 1.95. The van der Waals surface area contributed by atoms with Crippen molar-refractivity contribution in [2.45, 2.75) is 25.4 Å². The molecule has 1 atom stereocenters. The second-order valence-electron chi connectivity index (χ2n) is 4.48. The van der Waals surface area contributed by atoms with Gasteiger partial charge >= 0.3 is 0 Å². The van der Waals surface area contributed by atoms with E-state index in [2.05, 4.69) is 15.6 Å². The van der Waals surface area contributed by atoms with Gasteiger partial charge in [0, 0.05) is 20.2 Å². The van der Waals surface area contributed by atoms with Crippen LogP contribution in [-0.4, -0.2) is 37.2 Å². The molecule has 2 N–H and O–H groups in total. The third-order valence-corrected chi connectivity index (χ3v) is 3.39. The number of carbonyl (C=O) groups is 1. The molecule has 1 unspecified atom stereocenters. The van der Waals surface area contributed by atoms with Crippen molar-refractivity contribution in [2.24, 2.45) is 0 Å². The van der Waals surface area contributed by atoms with E-state index in [1.54, 1.807) is 19.2 Å². The lowest BCUT2D eigenvalue weighted by Crippen LogP contribution is -2.35. The summed E-state index contributed by atoms with van der Waals surface area (Å²) in [6, 6.07) is 3.38. The van der Waals surface area contributed by atoms with Gasteiger partial charge in [-0.1, -0.05) is 11.6 Å². The molecule has 0 saturated carbocycles. The molecule has 0 aromatic carbocycles. The summed E-state index contributed by atoms with van der Waals surface area (Å²) in [6.07, 6.45) is 3.33. The van der Waals surface area contributed by atoms with Crippen molar-refractivity contribution in [3.8, 4) is 0 Å². The number of pyridine rings is 1. The number of rotatable bonds is 4. The van der Waals surface area contributed by atoms with Crippen LogP contribution >= 0.6 is 11.6 Å². The number of ether oxygens (including phenoxy) is 1. The Labute approximate surface area is 117 Å². The van der Waals surface area contributed by atoms with Crippen molar-refractivity contribution in [3.63, 3.8) is 0 Å². The van der Waals surface area contributed by atoms with Crippen LogP contribution in [-0.2, 0) is 4.74 Å². The molecular formula is C13H18ClN3O2. The molecule has 2 rings (SSSR count). The van der Waals surface area contributed by atoms with Crippen molar-refractivity contribution in [3.05, 3.63) is 22.8 Å². The van der Waals surface area contributed by atoms with Gasteiger partial charge in [0.2, 0.25) is 0 Å². The number of hydrogen-bond acceptors (Lipinski definition) is 4. The van der Waals surface area contributed by atoms with Crippen LogP contribution in [0.25, 0.3) is 0 Å². The van der Waals surface area contributed by atoms with E-state index in [4.69, 9.17) is 16.3 Å². The van der Waals surface area contributed by atoms with Gasteiger partial charge in [0.05, 0.1) is 11.1 Å². The molecule has 0 bridgehead atoms. The Morgan fingerprint density at radius 1 is 1.53 bits per heavy atom. The molecule has 104 valence electrons. The fourth-order valence-corrected chi connectivity index (χ4v) is 2.19. The molecule has 2 heterocycles. The molecule has 0 aliphatic carbocycles. The highest BCUT2D eigenvalue weighted by molar-refractivity contribution is 6.33. The molecule has 0 radical (unpaired) electrons. The highest BCUT2D eigenvalue weighted by atomic mass is 35.5. The third-order valence-electron chi connectivity index (χ3n) is 3.08. The van der Waals surface area contributed by atoms with Crippen LogP contribution in [0.1, 0.15) is 29.8 Å². The zero-order chi connectivity index (χ0) is 13.7. The lowest BCUT2D eigenvalue weighted by molar-refractivity contribution is 0.0168. The van der Waals surface area contributed by atoms with Crippen LogP contribution in [0.15, 0.2) is 12.1 Å². The quantitative estimate of drug-likeness (QED) is 0.888. The number of carbonyl (C=O) groups excluding carboxylic acids is 1. The van der Waals surface area contributed by atoms with E-state index < -0.39 is 0 Å². The topological polar surface area (TPSA) is 63.2 Å². The zero-order valence-corrected chi connectivity index (χ0v) is 11.7. The minimum Gasteiger partial charge on any atom is -0.376 e. The molecule has 1 aliphatic rings. The van der Waals surface area contributed by atoms with E-state index in [1.165, 1.54) is 0 Å².